The number of carbonyl (C=O) groups excluding carboxylic acids is 4. The van der Waals surface area contributed by atoms with Crippen molar-refractivity contribution in [2.24, 2.45) is 0 Å². The Kier molecular flexibility index (Phi) is 8.76. The zero-order valence-electron chi connectivity index (χ0n) is 21.7. The van der Waals surface area contributed by atoms with E-state index in [9.17, 15) is 41.1 Å². The molecule has 0 saturated carbocycles. The Morgan fingerprint density at radius 2 is 1.25 bits per heavy atom. The van der Waals surface area contributed by atoms with E-state index in [4.69, 9.17) is 9.47 Å². The fourth-order valence-corrected chi connectivity index (χ4v) is 3.68. The molecule has 2 aromatic carbocycles. The number of hydrogen-bond acceptors (Lipinski definition) is 6. The molecule has 0 radical (unpaired) electrons. The third kappa shape index (κ3) is 5.87. The van der Waals surface area contributed by atoms with Crippen molar-refractivity contribution in [2.45, 2.75) is 33.9 Å². The van der Waals surface area contributed by atoms with Crippen LogP contribution in [-0.2, 0) is 15.7 Å². The normalized spacial score (nSPS) is 11.2. The van der Waals surface area contributed by atoms with E-state index in [1.165, 1.54) is 39.8 Å². The molecule has 0 atom stereocenters. The molecule has 0 aliphatic rings. The van der Waals surface area contributed by atoms with Crippen molar-refractivity contribution in [3.8, 4) is 0 Å². The lowest BCUT2D eigenvalue weighted by Crippen LogP contribution is -2.47. The first kappa shape index (κ1) is 30.0. The lowest BCUT2D eigenvalue weighted by Gasteiger charge is -2.24. The highest BCUT2D eigenvalue weighted by molar-refractivity contribution is 6.21. The van der Waals surface area contributed by atoms with Gasteiger partial charge in [0.1, 0.15) is 17.2 Å². The first-order valence-corrected chi connectivity index (χ1v) is 11.8. The van der Waals surface area contributed by atoms with Crippen molar-refractivity contribution >= 4 is 23.8 Å². The van der Waals surface area contributed by atoms with E-state index in [0.29, 0.717) is 6.20 Å². The molecule has 3 rings (SSSR count). The molecule has 0 bridgehead atoms. The molecule has 1 heterocycles. The van der Waals surface area contributed by atoms with Gasteiger partial charge in [-0.15, -0.1) is 0 Å². The van der Waals surface area contributed by atoms with Gasteiger partial charge in [0, 0.05) is 17.3 Å². The topological polar surface area (TPSA) is 94.9 Å². The predicted molar refractivity (Wildman–Crippen MR) is 130 cm³/mol. The van der Waals surface area contributed by atoms with Gasteiger partial charge in [0.2, 0.25) is 0 Å². The second-order valence-corrected chi connectivity index (χ2v) is 8.40. The minimum atomic E-state index is -5.38. The van der Waals surface area contributed by atoms with Crippen molar-refractivity contribution in [3.05, 3.63) is 93.3 Å². The van der Waals surface area contributed by atoms with E-state index in [0.717, 1.165) is 24.3 Å². The molecule has 0 aliphatic carbocycles. The molecule has 0 N–H and O–H groups in total. The van der Waals surface area contributed by atoms with Gasteiger partial charge in [0.15, 0.2) is 5.69 Å². The summed E-state index contributed by atoms with van der Waals surface area (Å²) < 4.78 is 81.3. The molecular formula is C27H23F5N2O6. The van der Waals surface area contributed by atoms with Crippen LogP contribution in [0.2, 0.25) is 0 Å². The number of nitrogens with zero attached hydrogens (tertiary/aromatic N) is 2. The van der Waals surface area contributed by atoms with Crippen molar-refractivity contribution in [3.63, 3.8) is 0 Å². The minimum absolute atomic E-state index is 0.0679. The number of carbonyl (C=O) groups is 4. The predicted octanol–water partition coefficient (Wildman–Crippen LogP) is 5.37. The Labute approximate surface area is 224 Å². The van der Waals surface area contributed by atoms with Crippen LogP contribution >= 0.6 is 0 Å². The number of aromatic nitrogens is 1. The fourth-order valence-electron chi connectivity index (χ4n) is 3.68. The average molecular weight is 566 g/mol. The second kappa shape index (κ2) is 11.7. The van der Waals surface area contributed by atoms with Gasteiger partial charge in [0.25, 0.3) is 11.8 Å². The van der Waals surface area contributed by atoms with Gasteiger partial charge in [0.05, 0.1) is 18.8 Å². The third-order valence-corrected chi connectivity index (χ3v) is 5.67. The molecule has 8 nitrogen and oxygen atoms in total. The largest absolute Gasteiger partial charge is 0.462 e. The number of alkyl halides is 3. The summed E-state index contributed by atoms with van der Waals surface area (Å²) in [4.78, 5) is 52.7. The molecule has 40 heavy (non-hydrogen) atoms. The smallest absolute Gasteiger partial charge is 0.419 e. The average Bonchev–Trinajstić information content (AvgIpc) is 3.29. The molecule has 13 heteroatoms. The maximum Gasteiger partial charge on any atom is 0.419 e. The number of halogens is 5. The Morgan fingerprint density at radius 1 is 0.800 bits per heavy atom. The first-order chi connectivity index (χ1) is 18.7. The summed E-state index contributed by atoms with van der Waals surface area (Å²) in [6.07, 6.45) is -4.96. The number of aryl methyl sites for hydroxylation is 2. The second-order valence-electron chi connectivity index (χ2n) is 8.40. The van der Waals surface area contributed by atoms with Crippen LogP contribution in [0.25, 0.3) is 0 Å². The Balaban J connectivity index is 2.42. The Hall–Kier alpha value is -4.55. The number of imide groups is 1. The highest BCUT2D eigenvalue weighted by Crippen LogP contribution is 2.37. The zero-order valence-corrected chi connectivity index (χ0v) is 21.7. The van der Waals surface area contributed by atoms with Crippen molar-refractivity contribution in [1.29, 1.82) is 0 Å². The molecule has 0 aliphatic heterocycles. The molecule has 2 amide bonds. The summed E-state index contributed by atoms with van der Waals surface area (Å²) >= 11 is 0. The molecule has 212 valence electrons. The summed E-state index contributed by atoms with van der Waals surface area (Å²) in [6.45, 7) is 4.63. The van der Waals surface area contributed by atoms with Crippen LogP contribution < -0.4 is 5.01 Å². The maximum absolute atomic E-state index is 14.4. The van der Waals surface area contributed by atoms with Gasteiger partial charge in [-0.1, -0.05) is 12.1 Å². The van der Waals surface area contributed by atoms with E-state index in [2.05, 4.69) is 0 Å². The van der Waals surface area contributed by atoms with Crippen LogP contribution in [0, 0.1) is 25.5 Å². The van der Waals surface area contributed by atoms with Gasteiger partial charge in [-0.2, -0.15) is 18.2 Å². The molecule has 0 fully saturated rings. The van der Waals surface area contributed by atoms with Crippen LogP contribution in [0.3, 0.4) is 0 Å². The van der Waals surface area contributed by atoms with Crippen LogP contribution in [0.15, 0.2) is 42.6 Å². The summed E-state index contributed by atoms with van der Waals surface area (Å²) in [6, 6.07) is 6.03. The molecule has 1 aromatic heterocycles. The maximum atomic E-state index is 14.4. The molecule has 0 saturated heterocycles. The number of hydrogen-bond donors (Lipinski definition) is 0. The van der Waals surface area contributed by atoms with Crippen molar-refractivity contribution < 1.29 is 50.6 Å². The van der Waals surface area contributed by atoms with Gasteiger partial charge in [-0.3, -0.25) is 9.59 Å². The highest BCUT2D eigenvalue weighted by atomic mass is 19.4. The van der Waals surface area contributed by atoms with Crippen LogP contribution in [0.1, 0.15) is 72.1 Å². The Morgan fingerprint density at radius 3 is 1.65 bits per heavy atom. The molecule has 0 unspecified atom stereocenters. The van der Waals surface area contributed by atoms with Crippen LogP contribution in [0.5, 0.6) is 0 Å². The Bertz CT molecular complexity index is 1430. The quantitative estimate of drug-likeness (QED) is 0.217. The monoisotopic (exact) mass is 566 g/mol. The third-order valence-electron chi connectivity index (χ3n) is 5.67. The molecule has 0 spiro atoms. The van der Waals surface area contributed by atoms with E-state index in [1.54, 1.807) is 0 Å². The summed E-state index contributed by atoms with van der Waals surface area (Å²) in [5.41, 5.74) is -5.20. The SMILES string of the molecule is CCOC(=O)c1cn(N(C(=O)c2ccc(C)c(F)c2)C(=O)c2ccc(C)c(F)c2)c(C(=O)OCC)c1C(F)(F)F. The number of benzene rings is 2. The lowest BCUT2D eigenvalue weighted by atomic mass is 10.1. The fraction of sp³-hybridized carbons (Fsp3) is 0.259. The zero-order chi connectivity index (χ0) is 29.9. The number of esters is 2. The number of ether oxygens (including phenoxy) is 2. The van der Waals surface area contributed by atoms with Gasteiger partial charge in [-0.05, 0) is 63.1 Å². The summed E-state index contributed by atoms with van der Waals surface area (Å²) in [5, 5.41) is 0.0679. The minimum Gasteiger partial charge on any atom is -0.462 e. The van der Waals surface area contributed by atoms with Crippen molar-refractivity contribution in [2.75, 3.05) is 18.2 Å². The van der Waals surface area contributed by atoms with E-state index < -0.39 is 76.1 Å². The number of amides is 2. The molecular weight excluding hydrogens is 543 g/mol. The summed E-state index contributed by atoms with van der Waals surface area (Å²) in [7, 11) is 0. The van der Waals surface area contributed by atoms with Gasteiger partial charge >= 0.3 is 18.1 Å². The van der Waals surface area contributed by atoms with Crippen LogP contribution in [0.4, 0.5) is 22.0 Å². The molecule has 3 aromatic rings. The van der Waals surface area contributed by atoms with E-state index in [-0.39, 0.29) is 27.4 Å². The lowest BCUT2D eigenvalue weighted by molar-refractivity contribution is -0.138. The summed E-state index contributed by atoms with van der Waals surface area (Å²) in [5.74, 6) is -7.69. The first-order valence-electron chi connectivity index (χ1n) is 11.8. The van der Waals surface area contributed by atoms with Crippen LogP contribution in [-0.4, -0.2) is 41.6 Å². The van der Waals surface area contributed by atoms with Gasteiger partial charge in [-0.25, -0.2) is 23.0 Å². The van der Waals surface area contributed by atoms with E-state index in [1.807, 2.05) is 0 Å². The highest BCUT2D eigenvalue weighted by Gasteiger charge is 2.46. The van der Waals surface area contributed by atoms with Crippen molar-refractivity contribution in [1.82, 2.24) is 4.68 Å². The van der Waals surface area contributed by atoms with E-state index >= 15 is 0 Å². The van der Waals surface area contributed by atoms with Gasteiger partial charge < -0.3 is 9.47 Å². The number of rotatable bonds is 7. The standard InChI is InChI=1S/C27H23F5N2O6/c1-5-39-25(37)18-13-33(22(26(38)40-6-2)21(18)27(30,31)32)34(23(35)16-9-7-14(3)19(28)11-16)24(36)17-10-8-15(4)20(29)12-17/h7-13H,5-6H2,1-4H3.